The van der Waals surface area contributed by atoms with E-state index >= 15 is 0 Å². The monoisotopic (exact) mass is 879 g/mol. The lowest BCUT2D eigenvalue weighted by molar-refractivity contribution is 0.668. The molecule has 5 nitrogen and oxygen atoms in total. The Hall–Kier alpha value is -9.19. The quantitative estimate of drug-likeness (QED) is 0.172. The summed E-state index contributed by atoms with van der Waals surface area (Å²) >= 11 is 0. The van der Waals surface area contributed by atoms with Gasteiger partial charge in [0.05, 0.1) is 5.41 Å². The molecule has 10 aromatic carbocycles. The van der Waals surface area contributed by atoms with Crippen LogP contribution < -0.4 is 0 Å². The number of nitrogens with zero attached hydrogens (tertiary/aromatic N) is 3. The van der Waals surface area contributed by atoms with E-state index in [4.69, 9.17) is 23.8 Å². The second kappa shape index (κ2) is 14.4. The molecule has 0 amide bonds. The number of benzene rings is 10. The van der Waals surface area contributed by atoms with Crippen LogP contribution in [0.15, 0.2) is 233 Å². The molecule has 15 rings (SSSR count). The van der Waals surface area contributed by atoms with E-state index in [0.717, 1.165) is 71.7 Å². The van der Waals surface area contributed by atoms with E-state index < -0.39 is 0 Å². The number of hydrogen-bond donors (Lipinski definition) is 0. The third-order valence-electron chi connectivity index (χ3n) is 14.6. The average Bonchev–Trinajstić information content (AvgIpc) is 4.16. The summed E-state index contributed by atoms with van der Waals surface area (Å²) in [6.45, 7) is 0. The van der Waals surface area contributed by atoms with E-state index in [-0.39, 0.29) is 5.41 Å². The van der Waals surface area contributed by atoms with E-state index in [2.05, 4.69) is 152 Å². The first kappa shape index (κ1) is 38.0. The van der Waals surface area contributed by atoms with Crippen molar-refractivity contribution in [2.75, 3.05) is 0 Å². The first-order valence-electron chi connectivity index (χ1n) is 23.4. The number of furan rings is 2. The van der Waals surface area contributed by atoms with Crippen LogP contribution in [0.1, 0.15) is 22.3 Å². The van der Waals surface area contributed by atoms with Gasteiger partial charge in [-0.05, 0) is 97.1 Å². The van der Waals surface area contributed by atoms with Gasteiger partial charge in [0.2, 0.25) is 0 Å². The summed E-state index contributed by atoms with van der Waals surface area (Å²) in [4.78, 5) is 15.6. The molecule has 0 bridgehead atoms. The molecule has 0 saturated heterocycles. The maximum absolute atomic E-state index is 6.58. The molecule has 0 radical (unpaired) electrons. The summed E-state index contributed by atoms with van der Waals surface area (Å²) < 4.78 is 12.9. The Balaban J connectivity index is 0.859. The Morgan fingerprint density at radius 2 is 0.739 bits per heavy atom. The molecule has 5 heteroatoms. The van der Waals surface area contributed by atoms with E-state index in [1.165, 1.54) is 55.6 Å². The summed E-state index contributed by atoms with van der Waals surface area (Å²) in [6.07, 6.45) is 0. The third kappa shape index (κ3) is 5.38. The van der Waals surface area contributed by atoms with Gasteiger partial charge < -0.3 is 8.83 Å². The van der Waals surface area contributed by atoms with E-state index in [9.17, 15) is 0 Å². The van der Waals surface area contributed by atoms with Crippen molar-refractivity contribution in [1.29, 1.82) is 0 Å². The molecule has 0 unspecified atom stereocenters. The molecule has 0 saturated carbocycles. The molecule has 69 heavy (non-hydrogen) atoms. The molecule has 0 fully saturated rings. The van der Waals surface area contributed by atoms with Gasteiger partial charge in [-0.3, -0.25) is 0 Å². The van der Waals surface area contributed by atoms with Crippen molar-refractivity contribution in [1.82, 2.24) is 15.0 Å². The van der Waals surface area contributed by atoms with Crippen molar-refractivity contribution in [2.45, 2.75) is 5.41 Å². The van der Waals surface area contributed by atoms with E-state index in [0.29, 0.717) is 17.5 Å². The van der Waals surface area contributed by atoms with Gasteiger partial charge in [-0.1, -0.05) is 194 Å². The molecular weight excluding hydrogens is 843 g/mol. The molecule has 0 N–H and O–H groups in total. The second-order valence-corrected chi connectivity index (χ2v) is 18.1. The lowest BCUT2D eigenvalue weighted by atomic mass is 9.70. The fourth-order valence-electron chi connectivity index (χ4n) is 11.7. The predicted octanol–water partition coefficient (Wildman–Crippen LogP) is 16.3. The van der Waals surface area contributed by atoms with Crippen LogP contribution in [0.25, 0.3) is 123 Å². The highest BCUT2D eigenvalue weighted by Gasteiger charge is 2.52. The van der Waals surface area contributed by atoms with Crippen molar-refractivity contribution < 1.29 is 8.83 Å². The maximum atomic E-state index is 6.58. The largest absolute Gasteiger partial charge is 0.456 e. The van der Waals surface area contributed by atoms with Crippen molar-refractivity contribution in [2.24, 2.45) is 0 Å². The molecule has 0 aliphatic heterocycles. The molecule has 3 aromatic heterocycles. The molecular formula is C64H37N3O2. The van der Waals surface area contributed by atoms with Gasteiger partial charge in [-0.25, -0.2) is 15.0 Å². The summed E-state index contributed by atoms with van der Waals surface area (Å²) in [5, 5.41) is 3.94. The summed E-state index contributed by atoms with van der Waals surface area (Å²) in [6, 6.07) is 79.8. The fourth-order valence-corrected chi connectivity index (χ4v) is 11.7. The van der Waals surface area contributed by atoms with Crippen molar-refractivity contribution in [3.63, 3.8) is 0 Å². The summed E-state index contributed by atoms with van der Waals surface area (Å²) in [5.41, 5.74) is 20.7. The van der Waals surface area contributed by atoms with Gasteiger partial charge in [0.1, 0.15) is 22.3 Å². The summed E-state index contributed by atoms with van der Waals surface area (Å²) in [7, 11) is 0. The zero-order valence-electron chi connectivity index (χ0n) is 37.0. The minimum absolute atomic E-state index is 0.384. The van der Waals surface area contributed by atoms with E-state index in [1.807, 2.05) is 72.8 Å². The zero-order chi connectivity index (χ0) is 45.2. The SMILES string of the molecule is c1ccc(-c2nc(-c3cccc4oc5ccccc5c34)nc(-c3cccc4oc5ccc(-c6ccc(-c7cccc8c7-c7ccccc7C87c8ccccc8-c8ccccc87)cc6)cc5c34)n2)cc1. The standard InChI is InChI=1S/C64H37N3O2/c1-2-15-40(16-3-1)61-65-62(47-22-13-29-56-59(47)46-20-7-11-28-54(46)68-56)67-63(66-61)48-23-14-30-57-60(48)49-37-41(35-36-55(49)69-57)38-31-33-39(34-32-38)42-21-12-27-53-58(42)45-19-6-10-26-52(45)64(53)50-24-8-4-17-43(50)44-18-5-9-25-51(44)64/h1-37H. The van der Waals surface area contributed by atoms with Gasteiger partial charge in [0, 0.05) is 38.2 Å². The fraction of sp³-hybridized carbons (Fsp3) is 0.0156. The van der Waals surface area contributed by atoms with Crippen LogP contribution in [0, 0.1) is 0 Å². The molecule has 13 aromatic rings. The van der Waals surface area contributed by atoms with Gasteiger partial charge in [-0.15, -0.1) is 0 Å². The number of aromatic nitrogens is 3. The smallest absolute Gasteiger partial charge is 0.164 e. The van der Waals surface area contributed by atoms with Crippen molar-refractivity contribution in [3.05, 3.63) is 247 Å². The Bertz CT molecular complexity index is 4210. The maximum Gasteiger partial charge on any atom is 0.164 e. The molecule has 1 spiro atoms. The van der Waals surface area contributed by atoms with Gasteiger partial charge in [0.15, 0.2) is 17.5 Å². The van der Waals surface area contributed by atoms with Crippen molar-refractivity contribution >= 4 is 43.9 Å². The second-order valence-electron chi connectivity index (χ2n) is 18.1. The Kier molecular flexibility index (Phi) is 7.93. The third-order valence-corrected chi connectivity index (χ3v) is 14.6. The van der Waals surface area contributed by atoms with Gasteiger partial charge in [0.25, 0.3) is 0 Å². The number of para-hydroxylation sites is 1. The number of fused-ring (bicyclic) bond motifs is 16. The zero-order valence-corrected chi connectivity index (χ0v) is 37.0. The molecule has 320 valence electrons. The number of hydrogen-bond acceptors (Lipinski definition) is 5. The van der Waals surface area contributed by atoms with Crippen LogP contribution in [-0.4, -0.2) is 15.0 Å². The molecule has 0 atom stereocenters. The number of rotatable bonds is 5. The lowest BCUT2D eigenvalue weighted by Crippen LogP contribution is -2.25. The first-order chi connectivity index (χ1) is 34.2. The summed E-state index contributed by atoms with van der Waals surface area (Å²) in [5.74, 6) is 1.73. The minimum atomic E-state index is -0.384. The van der Waals surface area contributed by atoms with Crippen molar-refractivity contribution in [3.8, 4) is 78.7 Å². The van der Waals surface area contributed by atoms with Gasteiger partial charge in [-0.2, -0.15) is 0 Å². The molecule has 2 aliphatic rings. The Morgan fingerprint density at radius 1 is 0.275 bits per heavy atom. The molecule has 2 aliphatic carbocycles. The minimum Gasteiger partial charge on any atom is -0.456 e. The predicted molar refractivity (Wildman–Crippen MR) is 278 cm³/mol. The van der Waals surface area contributed by atoms with Crippen LogP contribution >= 0.6 is 0 Å². The van der Waals surface area contributed by atoms with Crippen LogP contribution in [-0.2, 0) is 5.41 Å². The van der Waals surface area contributed by atoms with Crippen LogP contribution in [0.3, 0.4) is 0 Å². The average molecular weight is 880 g/mol. The van der Waals surface area contributed by atoms with E-state index in [1.54, 1.807) is 0 Å². The first-order valence-corrected chi connectivity index (χ1v) is 23.4. The van der Waals surface area contributed by atoms with Crippen LogP contribution in [0.4, 0.5) is 0 Å². The normalized spacial score (nSPS) is 13.0. The van der Waals surface area contributed by atoms with Crippen LogP contribution in [0.5, 0.6) is 0 Å². The highest BCUT2D eigenvalue weighted by Crippen LogP contribution is 2.64. The topological polar surface area (TPSA) is 65.0 Å². The van der Waals surface area contributed by atoms with Crippen LogP contribution in [0.2, 0.25) is 0 Å². The molecule has 3 heterocycles. The Morgan fingerprint density at radius 3 is 1.43 bits per heavy atom. The highest BCUT2D eigenvalue weighted by molar-refractivity contribution is 6.14. The highest BCUT2D eigenvalue weighted by atomic mass is 16.3. The Labute approximate surface area is 396 Å². The van der Waals surface area contributed by atoms with Gasteiger partial charge >= 0.3 is 0 Å². The lowest BCUT2D eigenvalue weighted by Gasteiger charge is -2.30.